The molecule has 1 fully saturated rings. The summed E-state index contributed by atoms with van der Waals surface area (Å²) in [6, 6.07) is 10.3. The molecule has 0 atom stereocenters. The zero-order valence-corrected chi connectivity index (χ0v) is 13.6. The van der Waals surface area contributed by atoms with E-state index in [-0.39, 0.29) is 23.9 Å². The molecule has 7 heteroatoms. The number of halogens is 2. The topological polar surface area (TPSA) is 55.8 Å². The van der Waals surface area contributed by atoms with E-state index in [4.69, 9.17) is 0 Å². The van der Waals surface area contributed by atoms with Crippen molar-refractivity contribution >= 4 is 17.3 Å². The Balaban J connectivity index is 1.49. The number of anilines is 2. The maximum atomic E-state index is 13.2. The van der Waals surface area contributed by atoms with Crippen molar-refractivity contribution in [3.8, 4) is 5.75 Å². The number of aromatic hydroxyl groups is 1. The van der Waals surface area contributed by atoms with Gasteiger partial charge in [-0.25, -0.2) is 8.78 Å². The van der Waals surface area contributed by atoms with Gasteiger partial charge in [0.15, 0.2) is 11.6 Å². The number of nitrogens with zero attached hydrogens (tertiary/aromatic N) is 2. The molecule has 2 N–H and O–H groups in total. The summed E-state index contributed by atoms with van der Waals surface area (Å²) in [6.07, 6.45) is 0. The maximum Gasteiger partial charge on any atom is 0.238 e. The van der Waals surface area contributed by atoms with E-state index in [1.807, 2.05) is 17.0 Å². The first-order valence-electron chi connectivity index (χ1n) is 8.02. The minimum absolute atomic E-state index is 0.197. The Kier molecular flexibility index (Phi) is 5.14. The van der Waals surface area contributed by atoms with E-state index < -0.39 is 11.6 Å². The highest BCUT2D eigenvalue weighted by Gasteiger charge is 2.19. The Morgan fingerprint density at radius 1 is 1.00 bits per heavy atom. The summed E-state index contributed by atoms with van der Waals surface area (Å²) in [5.74, 6) is -1.95. The number of phenols is 1. The number of piperazine rings is 1. The molecule has 2 aromatic rings. The van der Waals surface area contributed by atoms with Gasteiger partial charge in [-0.2, -0.15) is 0 Å². The fourth-order valence-corrected chi connectivity index (χ4v) is 2.81. The van der Waals surface area contributed by atoms with Crippen molar-refractivity contribution in [3.05, 3.63) is 54.1 Å². The zero-order chi connectivity index (χ0) is 17.8. The third-order valence-electron chi connectivity index (χ3n) is 4.16. The third kappa shape index (κ3) is 4.45. The lowest BCUT2D eigenvalue weighted by molar-refractivity contribution is -0.117. The lowest BCUT2D eigenvalue weighted by Gasteiger charge is -2.35. The summed E-state index contributed by atoms with van der Waals surface area (Å²) < 4.78 is 26.1. The minimum Gasteiger partial charge on any atom is -0.508 e. The van der Waals surface area contributed by atoms with Gasteiger partial charge in [-0.15, -0.1) is 0 Å². The Bertz CT molecular complexity index is 744. The van der Waals surface area contributed by atoms with E-state index in [9.17, 15) is 18.7 Å². The van der Waals surface area contributed by atoms with Crippen molar-refractivity contribution in [3.63, 3.8) is 0 Å². The number of rotatable bonds is 4. The average molecular weight is 347 g/mol. The van der Waals surface area contributed by atoms with Crippen molar-refractivity contribution in [2.75, 3.05) is 42.9 Å². The number of hydrogen-bond acceptors (Lipinski definition) is 4. The second-order valence-electron chi connectivity index (χ2n) is 5.96. The van der Waals surface area contributed by atoms with Crippen molar-refractivity contribution in [2.45, 2.75) is 0 Å². The molecule has 1 aliphatic heterocycles. The van der Waals surface area contributed by atoms with Gasteiger partial charge in [0, 0.05) is 43.6 Å². The van der Waals surface area contributed by atoms with Gasteiger partial charge in [0.25, 0.3) is 0 Å². The summed E-state index contributed by atoms with van der Waals surface area (Å²) in [7, 11) is 0. The van der Waals surface area contributed by atoms with E-state index >= 15 is 0 Å². The number of phenolic OH excluding ortho intramolecular Hbond substituents is 1. The van der Waals surface area contributed by atoms with Gasteiger partial charge in [-0.3, -0.25) is 9.69 Å². The van der Waals surface area contributed by atoms with Crippen molar-refractivity contribution in [1.82, 2.24) is 4.90 Å². The molecule has 0 saturated carbocycles. The normalized spacial score (nSPS) is 15.2. The number of amides is 1. The molecule has 0 unspecified atom stereocenters. The van der Waals surface area contributed by atoms with Crippen LogP contribution in [0.4, 0.5) is 20.2 Å². The lowest BCUT2D eigenvalue weighted by atomic mass is 10.2. The first kappa shape index (κ1) is 17.2. The van der Waals surface area contributed by atoms with Crippen molar-refractivity contribution < 1.29 is 18.7 Å². The molecular formula is C18H19F2N3O2. The van der Waals surface area contributed by atoms with Gasteiger partial charge in [0.05, 0.1) is 6.54 Å². The first-order chi connectivity index (χ1) is 12.0. The summed E-state index contributed by atoms with van der Waals surface area (Å²) in [5, 5.41) is 11.9. The predicted molar refractivity (Wildman–Crippen MR) is 91.7 cm³/mol. The highest BCUT2D eigenvalue weighted by atomic mass is 19.2. The molecule has 1 saturated heterocycles. The second-order valence-corrected chi connectivity index (χ2v) is 5.96. The quantitative estimate of drug-likeness (QED) is 0.892. The van der Waals surface area contributed by atoms with E-state index in [1.165, 1.54) is 6.07 Å². The van der Waals surface area contributed by atoms with E-state index in [0.29, 0.717) is 13.1 Å². The van der Waals surface area contributed by atoms with Crippen molar-refractivity contribution in [1.29, 1.82) is 0 Å². The van der Waals surface area contributed by atoms with Gasteiger partial charge in [0.1, 0.15) is 5.75 Å². The number of carbonyl (C=O) groups is 1. The number of hydrogen-bond donors (Lipinski definition) is 2. The third-order valence-corrected chi connectivity index (χ3v) is 4.16. The molecule has 0 bridgehead atoms. The van der Waals surface area contributed by atoms with Crippen molar-refractivity contribution in [2.24, 2.45) is 0 Å². The smallest absolute Gasteiger partial charge is 0.238 e. The van der Waals surface area contributed by atoms with Crippen LogP contribution in [0, 0.1) is 11.6 Å². The van der Waals surface area contributed by atoms with Gasteiger partial charge in [-0.1, -0.05) is 0 Å². The number of benzene rings is 2. The molecule has 0 radical (unpaired) electrons. The van der Waals surface area contributed by atoms with Crippen LogP contribution < -0.4 is 10.2 Å². The number of nitrogens with one attached hydrogen (secondary N) is 1. The van der Waals surface area contributed by atoms with Crippen LogP contribution in [0.15, 0.2) is 42.5 Å². The van der Waals surface area contributed by atoms with Crippen LogP contribution in [-0.4, -0.2) is 48.6 Å². The molecule has 0 spiro atoms. The molecular weight excluding hydrogens is 328 g/mol. The van der Waals surface area contributed by atoms with Crippen LogP contribution >= 0.6 is 0 Å². The van der Waals surface area contributed by atoms with Crippen LogP contribution in [0.2, 0.25) is 0 Å². The molecule has 0 aromatic heterocycles. The molecule has 5 nitrogen and oxygen atoms in total. The van der Waals surface area contributed by atoms with Crippen LogP contribution in [0.5, 0.6) is 5.75 Å². The highest BCUT2D eigenvalue weighted by Crippen LogP contribution is 2.20. The Morgan fingerprint density at radius 3 is 2.32 bits per heavy atom. The van der Waals surface area contributed by atoms with Crippen LogP contribution in [0.1, 0.15) is 0 Å². The largest absolute Gasteiger partial charge is 0.508 e. The highest BCUT2D eigenvalue weighted by molar-refractivity contribution is 5.92. The number of carbonyl (C=O) groups excluding carboxylic acids is 1. The Labute approximate surface area is 144 Å². The molecule has 3 rings (SSSR count). The van der Waals surface area contributed by atoms with E-state index in [1.54, 1.807) is 12.1 Å². The summed E-state index contributed by atoms with van der Waals surface area (Å²) in [5.41, 5.74) is 1.27. The molecule has 1 aliphatic rings. The van der Waals surface area contributed by atoms with Gasteiger partial charge >= 0.3 is 0 Å². The van der Waals surface area contributed by atoms with Gasteiger partial charge in [-0.05, 0) is 36.4 Å². The van der Waals surface area contributed by atoms with Gasteiger partial charge in [0.2, 0.25) is 5.91 Å². The fraction of sp³-hybridized carbons (Fsp3) is 0.278. The molecule has 0 aliphatic carbocycles. The average Bonchev–Trinajstić information content (AvgIpc) is 2.60. The Hall–Kier alpha value is -2.67. The predicted octanol–water partition coefficient (Wildman–Crippen LogP) is 2.43. The van der Waals surface area contributed by atoms with Crippen LogP contribution in [-0.2, 0) is 4.79 Å². The molecule has 132 valence electrons. The van der Waals surface area contributed by atoms with Crippen LogP contribution in [0.25, 0.3) is 0 Å². The first-order valence-corrected chi connectivity index (χ1v) is 8.02. The lowest BCUT2D eigenvalue weighted by Crippen LogP contribution is -2.48. The Morgan fingerprint density at radius 2 is 1.68 bits per heavy atom. The molecule has 25 heavy (non-hydrogen) atoms. The van der Waals surface area contributed by atoms with Gasteiger partial charge < -0.3 is 15.3 Å². The fourth-order valence-electron chi connectivity index (χ4n) is 2.81. The SMILES string of the molecule is O=C(CN1CCN(c2ccc(O)cc2)CC1)Nc1ccc(F)c(F)c1. The zero-order valence-electron chi connectivity index (χ0n) is 13.6. The summed E-state index contributed by atoms with van der Waals surface area (Å²) in [6.45, 7) is 3.16. The summed E-state index contributed by atoms with van der Waals surface area (Å²) >= 11 is 0. The molecule has 1 heterocycles. The standard InChI is InChI=1S/C18H19F2N3O2/c19-16-6-1-13(11-17(16)20)21-18(25)12-22-7-9-23(10-8-22)14-2-4-15(24)5-3-14/h1-6,11,24H,7-10,12H2,(H,21,25). The molecule has 1 amide bonds. The monoisotopic (exact) mass is 347 g/mol. The molecule has 2 aromatic carbocycles. The van der Waals surface area contributed by atoms with Crippen LogP contribution in [0.3, 0.4) is 0 Å². The second kappa shape index (κ2) is 7.48. The minimum atomic E-state index is -0.986. The van der Waals surface area contributed by atoms with E-state index in [2.05, 4.69) is 10.2 Å². The summed E-state index contributed by atoms with van der Waals surface area (Å²) in [4.78, 5) is 16.2. The maximum absolute atomic E-state index is 13.2. The van der Waals surface area contributed by atoms with E-state index in [0.717, 1.165) is 30.9 Å².